The maximum atomic E-state index is 12.1. The fourth-order valence-electron chi connectivity index (χ4n) is 2.69. The predicted octanol–water partition coefficient (Wildman–Crippen LogP) is 1.78. The summed E-state index contributed by atoms with van der Waals surface area (Å²) in [5, 5.41) is 2.99. The molecule has 1 aliphatic heterocycles. The number of nitrogens with zero attached hydrogens (tertiary/aromatic N) is 2. The van der Waals surface area contributed by atoms with E-state index < -0.39 is 0 Å². The number of carbonyl (C=O) groups is 1. The molecule has 0 radical (unpaired) electrons. The van der Waals surface area contributed by atoms with Crippen LogP contribution in [0.4, 0.5) is 0 Å². The van der Waals surface area contributed by atoms with Crippen molar-refractivity contribution in [2.75, 3.05) is 26.2 Å². The minimum absolute atomic E-state index is 0.0153. The molecule has 0 saturated carbocycles. The van der Waals surface area contributed by atoms with Crippen molar-refractivity contribution in [3.8, 4) is 0 Å². The van der Waals surface area contributed by atoms with E-state index in [0.29, 0.717) is 12.1 Å². The molecule has 0 aliphatic carbocycles. The molecule has 0 bridgehead atoms. The zero-order chi connectivity index (χ0) is 13.8. The molecule has 1 amide bonds. The van der Waals surface area contributed by atoms with Crippen molar-refractivity contribution in [3.05, 3.63) is 30.1 Å². The van der Waals surface area contributed by atoms with Crippen molar-refractivity contribution in [1.29, 1.82) is 0 Å². The van der Waals surface area contributed by atoms with Crippen LogP contribution in [0.2, 0.25) is 0 Å². The molecule has 1 aromatic heterocycles. The van der Waals surface area contributed by atoms with Gasteiger partial charge in [0.25, 0.3) is 5.91 Å². The Morgan fingerprint density at radius 3 is 3.00 bits per heavy atom. The quantitative estimate of drug-likeness (QED) is 0.892. The highest BCUT2D eigenvalue weighted by Crippen LogP contribution is 2.11. The van der Waals surface area contributed by atoms with E-state index in [0.717, 1.165) is 30.7 Å². The Morgan fingerprint density at radius 1 is 1.30 bits per heavy atom. The molecule has 2 aromatic rings. The summed E-state index contributed by atoms with van der Waals surface area (Å²) < 4.78 is 0. The van der Waals surface area contributed by atoms with Crippen LogP contribution in [0.1, 0.15) is 29.6 Å². The molecule has 2 N–H and O–H groups in total. The lowest BCUT2D eigenvalue weighted by atomic mass is 10.1. The highest BCUT2D eigenvalue weighted by atomic mass is 16.1. The number of aromatic nitrogens is 2. The third kappa shape index (κ3) is 2.99. The van der Waals surface area contributed by atoms with Crippen molar-refractivity contribution in [2.24, 2.45) is 0 Å². The number of nitrogens with one attached hydrogen (secondary N) is 2. The average Bonchev–Trinajstić information content (AvgIpc) is 2.95. The van der Waals surface area contributed by atoms with E-state index >= 15 is 0 Å². The van der Waals surface area contributed by atoms with Crippen molar-refractivity contribution in [3.63, 3.8) is 0 Å². The molecular formula is C15H20N4O. The van der Waals surface area contributed by atoms with E-state index in [9.17, 15) is 4.79 Å². The monoisotopic (exact) mass is 272 g/mol. The fourth-order valence-corrected chi connectivity index (χ4v) is 2.69. The number of piperidine rings is 1. The molecule has 5 nitrogen and oxygen atoms in total. The zero-order valence-electron chi connectivity index (χ0n) is 11.6. The summed E-state index contributed by atoms with van der Waals surface area (Å²) in [6.07, 6.45) is 5.55. The number of imidazole rings is 1. The number of hydrogen-bond acceptors (Lipinski definition) is 3. The number of rotatable bonds is 4. The smallest absolute Gasteiger partial charge is 0.251 e. The number of aromatic amines is 1. The fraction of sp³-hybridized carbons (Fsp3) is 0.467. The van der Waals surface area contributed by atoms with E-state index in [1.807, 2.05) is 18.2 Å². The number of benzene rings is 1. The lowest BCUT2D eigenvalue weighted by Gasteiger charge is -2.26. The van der Waals surface area contributed by atoms with E-state index in [1.165, 1.54) is 19.3 Å². The summed E-state index contributed by atoms with van der Waals surface area (Å²) in [5.74, 6) is -0.0153. The first-order valence-electron chi connectivity index (χ1n) is 7.26. The van der Waals surface area contributed by atoms with Gasteiger partial charge in [0.2, 0.25) is 0 Å². The topological polar surface area (TPSA) is 61.0 Å². The molecule has 1 fully saturated rings. The summed E-state index contributed by atoms with van der Waals surface area (Å²) in [5.41, 5.74) is 2.46. The van der Waals surface area contributed by atoms with Crippen LogP contribution in [0, 0.1) is 0 Å². The molecule has 2 heterocycles. The van der Waals surface area contributed by atoms with Crippen LogP contribution in [0.25, 0.3) is 11.0 Å². The molecule has 1 aromatic carbocycles. The first-order valence-corrected chi connectivity index (χ1v) is 7.26. The minimum atomic E-state index is -0.0153. The second kappa shape index (κ2) is 6.05. The molecule has 3 rings (SSSR count). The third-order valence-corrected chi connectivity index (χ3v) is 3.84. The summed E-state index contributed by atoms with van der Waals surface area (Å²) in [7, 11) is 0. The molecule has 20 heavy (non-hydrogen) atoms. The van der Waals surface area contributed by atoms with E-state index in [-0.39, 0.29) is 5.91 Å². The SMILES string of the molecule is O=C(NCCN1CCCCC1)c1ccc2nc[nH]c2c1. The van der Waals surface area contributed by atoms with Gasteiger partial charge in [0, 0.05) is 18.7 Å². The van der Waals surface area contributed by atoms with Crippen molar-refractivity contribution in [2.45, 2.75) is 19.3 Å². The van der Waals surface area contributed by atoms with Gasteiger partial charge >= 0.3 is 0 Å². The van der Waals surface area contributed by atoms with Gasteiger partial charge in [-0.25, -0.2) is 4.98 Å². The number of likely N-dealkylation sites (tertiary alicyclic amines) is 1. The molecule has 106 valence electrons. The molecule has 0 atom stereocenters. The van der Waals surface area contributed by atoms with Gasteiger partial charge in [-0.3, -0.25) is 4.79 Å². The van der Waals surface area contributed by atoms with E-state index in [1.54, 1.807) is 6.33 Å². The highest BCUT2D eigenvalue weighted by Gasteiger charge is 2.11. The Balaban J connectivity index is 1.53. The molecule has 0 unspecified atom stereocenters. The van der Waals surface area contributed by atoms with Crippen LogP contribution in [-0.4, -0.2) is 47.0 Å². The van der Waals surface area contributed by atoms with Crippen LogP contribution >= 0.6 is 0 Å². The summed E-state index contributed by atoms with van der Waals surface area (Å²) in [6.45, 7) is 3.98. The third-order valence-electron chi connectivity index (χ3n) is 3.84. The van der Waals surface area contributed by atoms with Crippen LogP contribution in [-0.2, 0) is 0 Å². The Labute approximate surface area is 118 Å². The number of H-pyrrole nitrogens is 1. The van der Waals surface area contributed by atoms with Crippen molar-refractivity contribution in [1.82, 2.24) is 20.2 Å². The molecule has 1 aliphatic rings. The second-order valence-corrected chi connectivity index (χ2v) is 5.29. The van der Waals surface area contributed by atoms with Gasteiger partial charge in [-0.2, -0.15) is 0 Å². The van der Waals surface area contributed by atoms with Gasteiger partial charge in [-0.15, -0.1) is 0 Å². The largest absolute Gasteiger partial charge is 0.351 e. The Kier molecular flexibility index (Phi) is 3.97. The minimum Gasteiger partial charge on any atom is -0.351 e. The van der Waals surface area contributed by atoms with Crippen LogP contribution < -0.4 is 5.32 Å². The Morgan fingerprint density at radius 2 is 2.15 bits per heavy atom. The summed E-state index contributed by atoms with van der Waals surface area (Å²) >= 11 is 0. The molecular weight excluding hydrogens is 252 g/mol. The van der Waals surface area contributed by atoms with Crippen molar-refractivity contribution >= 4 is 16.9 Å². The molecule has 1 saturated heterocycles. The van der Waals surface area contributed by atoms with Gasteiger partial charge in [0.15, 0.2) is 0 Å². The van der Waals surface area contributed by atoms with Gasteiger partial charge in [-0.1, -0.05) is 6.42 Å². The number of fused-ring (bicyclic) bond motifs is 1. The lowest BCUT2D eigenvalue weighted by molar-refractivity contribution is 0.0946. The number of carbonyl (C=O) groups excluding carboxylic acids is 1. The number of hydrogen-bond donors (Lipinski definition) is 2. The van der Waals surface area contributed by atoms with Gasteiger partial charge in [0.1, 0.15) is 0 Å². The standard InChI is InChI=1S/C15H20N4O/c20-15(16-6-9-19-7-2-1-3-8-19)12-4-5-13-14(10-12)18-11-17-13/h4-5,10-11H,1-3,6-9H2,(H,16,20)(H,17,18). The maximum Gasteiger partial charge on any atom is 0.251 e. The average molecular weight is 272 g/mol. The number of amides is 1. The normalized spacial score (nSPS) is 16.4. The van der Waals surface area contributed by atoms with Crippen LogP contribution in [0.5, 0.6) is 0 Å². The first-order chi connectivity index (χ1) is 9.83. The lowest BCUT2D eigenvalue weighted by Crippen LogP contribution is -2.37. The van der Waals surface area contributed by atoms with Crippen LogP contribution in [0.3, 0.4) is 0 Å². The summed E-state index contributed by atoms with van der Waals surface area (Å²) in [4.78, 5) is 21.7. The van der Waals surface area contributed by atoms with Gasteiger partial charge < -0.3 is 15.2 Å². The molecule has 5 heteroatoms. The Hall–Kier alpha value is -1.88. The molecule has 0 spiro atoms. The van der Waals surface area contributed by atoms with Crippen LogP contribution in [0.15, 0.2) is 24.5 Å². The Bertz CT molecular complexity index is 586. The summed E-state index contributed by atoms with van der Waals surface area (Å²) in [6, 6.07) is 5.53. The second-order valence-electron chi connectivity index (χ2n) is 5.29. The van der Waals surface area contributed by atoms with Crippen molar-refractivity contribution < 1.29 is 4.79 Å². The predicted molar refractivity (Wildman–Crippen MR) is 78.7 cm³/mol. The zero-order valence-corrected chi connectivity index (χ0v) is 11.6. The van der Waals surface area contributed by atoms with E-state index in [2.05, 4.69) is 20.2 Å². The van der Waals surface area contributed by atoms with E-state index in [4.69, 9.17) is 0 Å². The first kappa shape index (κ1) is 13.1. The maximum absolute atomic E-state index is 12.1. The van der Waals surface area contributed by atoms with Gasteiger partial charge in [0.05, 0.1) is 17.4 Å². The van der Waals surface area contributed by atoms with Gasteiger partial charge in [-0.05, 0) is 44.1 Å². The highest BCUT2D eigenvalue weighted by molar-refractivity contribution is 5.97.